The predicted octanol–water partition coefficient (Wildman–Crippen LogP) is 6.44. The molecule has 0 bridgehead atoms. The number of hydrogen-bond donors (Lipinski definition) is 1. The number of hydrogen-bond acceptors (Lipinski definition) is 4. The first kappa shape index (κ1) is 21.3. The van der Waals surface area contributed by atoms with E-state index in [9.17, 15) is 9.18 Å². The molecule has 4 rings (SSSR count). The molecule has 0 aliphatic heterocycles. The van der Waals surface area contributed by atoms with Crippen LogP contribution in [0.4, 0.5) is 4.39 Å². The van der Waals surface area contributed by atoms with Crippen molar-refractivity contribution in [3.8, 4) is 5.75 Å². The summed E-state index contributed by atoms with van der Waals surface area (Å²) >= 11 is 6.94. The fraction of sp³-hybridized carbons (Fsp3) is 0.0435. The smallest absolute Gasteiger partial charge is 0.307 e. The molecule has 1 aromatic heterocycles. The minimum atomic E-state index is -0.444. The summed E-state index contributed by atoms with van der Waals surface area (Å²) < 4.78 is 26.0. The Hall–Kier alpha value is -2.97. The third kappa shape index (κ3) is 5.21. The summed E-state index contributed by atoms with van der Waals surface area (Å²) in [4.78, 5) is 12.3. The molecule has 3 aromatic carbocycles. The van der Waals surface area contributed by atoms with Crippen molar-refractivity contribution in [3.05, 3.63) is 98.4 Å². The van der Waals surface area contributed by atoms with Gasteiger partial charge in [-0.2, -0.15) is 5.10 Å². The number of carbonyl (C=O) groups is 1. The van der Waals surface area contributed by atoms with Crippen LogP contribution in [-0.2, 0) is 6.61 Å². The molecule has 0 unspecified atom stereocenters. The number of nitrogens with zero attached hydrogens (tertiary/aromatic N) is 1. The molecule has 31 heavy (non-hydrogen) atoms. The molecule has 8 heteroatoms. The molecular weight excluding hydrogens is 531 g/mol. The number of hydrazone groups is 1. The molecule has 156 valence electrons. The Morgan fingerprint density at radius 2 is 1.84 bits per heavy atom. The zero-order chi connectivity index (χ0) is 21.8. The molecule has 1 heterocycles. The van der Waals surface area contributed by atoms with E-state index in [2.05, 4.69) is 42.4 Å². The van der Waals surface area contributed by atoms with Crippen LogP contribution in [-0.4, -0.2) is 12.1 Å². The van der Waals surface area contributed by atoms with Gasteiger partial charge in [-0.3, -0.25) is 4.79 Å². The van der Waals surface area contributed by atoms with Crippen LogP contribution in [0.25, 0.3) is 11.0 Å². The third-order valence-electron chi connectivity index (χ3n) is 4.32. The molecule has 0 radical (unpaired) electrons. The van der Waals surface area contributed by atoms with E-state index in [1.165, 1.54) is 18.3 Å². The third-order valence-corrected chi connectivity index (χ3v) is 5.50. The van der Waals surface area contributed by atoms with Gasteiger partial charge in [-0.25, -0.2) is 9.82 Å². The van der Waals surface area contributed by atoms with E-state index in [-0.39, 0.29) is 18.2 Å². The molecule has 4 aromatic rings. The van der Waals surface area contributed by atoms with Crippen molar-refractivity contribution < 1.29 is 18.3 Å². The van der Waals surface area contributed by atoms with Crippen LogP contribution in [0.5, 0.6) is 5.75 Å². The lowest BCUT2D eigenvalue weighted by Crippen LogP contribution is -2.16. The minimum Gasteiger partial charge on any atom is -0.487 e. The minimum absolute atomic E-state index is 0.182. The van der Waals surface area contributed by atoms with Crippen molar-refractivity contribution >= 4 is 55.0 Å². The molecule has 0 spiro atoms. The molecular formula is C23H15Br2FN2O3. The quantitative estimate of drug-likeness (QED) is 0.224. The van der Waals surface area contributed by atoms with Crippen molar-refractivity contribution in [1.82, 2.24) is 5.43 Å². The summed E-state index contributed by atoms with van der Waals surface area (Å²) in [5, 5.41) is 4.84. The zero-order valence-electron chi connectivity index (χ0n) is 15.9. The number of fused-ring (bicyclic) bond motifs is 1. The second kappa shape index (κ2) is 9.45. The van der Waals surface area contributed by atoms with E-state index in [0.717, 1.165) is 16.5 Å². The van der Waals surface area contributed by atoms with Gasteiger partial charge in [0.25, 0.3) is 0 Å². The summed E-state index contributed by atoms with van der Waals surface area (Å²) in [6, 6.07) is 18.9. The number of halogens is 3. The molecule has 0 atom stereocenters. The lowest BCUT2D eigenvalue weighted by Gasteiger charge is -2.11. The molecule has 5 nitrogen and oxygen atoms in total. The summed E-state index contributed by atoms with van der Waals surface area (Å²) in [6.07, 6.45) is 1.51. The van der Waals surface area contributed by atoms with Crippen LogP contribution in [0.1, 0.15) is 21.7 Å². The fourth-order valence-electron chi connectivity index (χ4n) is 2.89. The molecule has 0 aliphatic carbocycles. The van der Waals surface area contributed by atoms with E-state index in [0.29, 0.717) is 20.3 Å². The van der Waals surface area contributed by atoms with Crippen LogP contribution >= 0.6 is 31.9 Å². The number of rotatable bonds is 6. The van der Waals surface area contributed by atoms with Crippen molar-refractivity contribution in [1.29, 1.82) is 0 Å². The average Bonchev–Trinajstić information content (AvgIpc) is 3.18. The van der Waals surface area contributed by atoms with Gasteiger partial charge in [0, 0.05) is 5.39 Å². The summed E-state index contributed by atoms with van der Waals surface area (Å²) in [5.41, 5.74) is 4.53. The van der Waals surface area contributed by atoms with Crippen LogP contribution in [0.2, 0.25) is 0 Å². The van der Waals surface area contributed by atoms with Crippen molar-refractivity contribution in [3.63, 3.8) is 0 Å². The Labute approximate surface area is 194 Å². The van der Waals surface area contributed by atoms with Crippen molar-refractivity contribution in [2.24, 2.45) is 5.10 Å². The van der Waals surface area contributed by atoms with E-state index < -0.39 is 5.91 Å². The second-order valence-electron chi connectivity index (χ2n) is 6.58. The predicted molar refractivity (Wildman–Crippen MR) is 124 cm³/mol. The molecule has 0 saturated carbocycles. The van der Waals surface area contributed by atoms with E-state index in [4.69, 9.17) is 9.15 Å². The fourth-order valence-corrected chi connectivity index (χ4v) is 4.34. The Bertz CT molecular complexity index is 1230. The summed E-state index contributed by atoms with van der Waals surface area (Å²) in [6.45, 7) is 0.218. The molecule has 0 aliphatic rings. The zero-order valence-corrected chi connectivity index (χ0v) is 19.1. The van der Waals surface area contributed by atoms with Crippen LogP contribution in [0, 0.1) is 5.82 Å². The van der Waals surface area contributed by atoms with Gasteiger partial charge < -0.3 is 9.15 Å². The second-order valence-corrected chi connectivity index (χ2v) is 8.29. The van der Waals surface area contributed by atoms with Gasteiger partial charge in [0.15, 0.2) is 5.76 Å². The Balaban J connectivity index is 1.41. The van der Waals surface area contributed by atoms with E-state index >= 15 is 0 Å². The van der Waals surface area contributed by atoms with Crippen LogP contribution in [0.3, 0.4) is 0 Å². The highest BCUT2D eigenvalue weighted by atomic mass is 79.9. The van der Waals surface area contributed by atoms with Gasteiger partial charge >= 0.3 is 5.91 Å². The largest absolute Gasteiger partial charge is 0.487 e. The highest BCUT2D eigenvalue weighted by molar-refractivity contribution is 9.11. The average molecular weight is 546 g/mol. The van der Waals surface area contributed by atoms with Gasteiger partial charge in [0.05, 0.1) is 15.2 Å². The topological polar surface area (TPSA) is 63.8 Å². The molecule has 1 N–H and O–H groups in total. The maximum absolute atomic E-state index is 13.3. The number of furan rings is 1. The molecule has 0 fully saturated rings. The van der Waals surface area contributed by atoms with Crippen LogP contribution in [0.15, 0.2) is 85.2 Å². The number of para-hydroxylation sites is 1. The highest BCUT2D eigenvalue weighted by Crippen LogP contribution is 2.35. The number of ether oxygens (including phenoxy) is 1. The Morgan fingerprint density at radius 3 is 2.58 bits per heavy atom. The highest BCUT2D eigenvalue weighted by Gasteiger charge is 2.12. The first-order valence-electron chi connectivity index (χ1n) is 9.18. The van der Waals surface area contributed by atoms with Gasteiger partial charge in [0.2, 0.25) is 0 Å². The Kier molecular flexibility index (Phi) is 6.48. The lowest BCUT2D eigenvalue weighted by atomic mass is 10.2. The standard InChI is InChI=1S/C23H15Br2FN2O3/c24-18-9-15(10-19(25)22(18)30-13-14-4-3-6-17(26)8-14)12-27-28-23(29)21-11-16-5-1-2-7-20(16)31-21/h1-12H,13H2,(H,28,29)/b27-12+. The number of benzene rings is 3. The maximum Gasteiger partial charge on any atom is 0.307 e. The van der Waals surface area contributed by atoms with Gasteiger partial charge in [0.1, 0.15) is 23.8 Å². The van der Waals surface area contributed by atoms with Gasteiger partial charge in [-0.15, -0.1) is 0 Å². The van der Waals surface area contributed by atoms with Gasteiger partial charge in [-0.05, 0) is 79.4 Å². The monoisotopic (exact) mass is 544 g/mol. The first-order chi connectivity index (χ1) is 15.0. The maximum atomic E-state index is 13.3. The van der Waals surface area contributed by atoms with Crippen LogP contribution < -0.4 is 10.2 Å². The van der Waals surface area contributed by atoms with E-state index in [1.54, 1.807) is 36.4 Å². The first-order valence-corrected chi connectivity index (χ1v) is 10.8. The molecule has 1 amide bonds. The Morgan fingerprint density at radius 1 is 1.06 bits per heavy atom. The normalized spacial score (nSPS) is 11.2. The SMILES string of the molecule is O=C(N/N=C/c1cc(Br)c(OCc2cccc(F)c2)c(Br)c1)c1cc2ccccc2o1. The van der Waals surface area contributed by atoms with E-state index in [1.807, 2.05) is 18.2 Å². The van der Waals surface area contributed by atoms with Crippen molar-refractivity contribution in [2.75, 3.05) is 0 Å². The molecule has 0 saturated heterocycles. The summed E-state index contributed by atoms with van der Waals surface area (Å²) in [5.74, 6) is 0.00523. The lowest BCUT2D eigenvalue weighted by molar-refractivity contribution is 0.0929. The number of amides is 1. The van der Waals surface area contributed by atoms with Crippen molar-refractivity contribution in [2.45, 2.75) is 6.61 Å². The summed E-state index contributed by atoms with van der Waals surface area (Å²) in [7, 11) is 0. The number of nitrogens with one attached hydrogen (secondary N) is 1. The number of carbonyl (C=O) groups excluding carboxylic acids is 1. The van der Waals surface area contributed by atoms with Gasteiger partial charge in [-0.1, -0.05) is 30.3 Å².